The molecule has 2 saturated heterocycles. The molecule has 3 rings (SSSR count). The van der Waals surface area contributed by atoms with Crippen LogP contribution in [0.4, 0.5) is 5.69 Å². The van der Waals surface area contributed by atoms with Gasteiger partial charge in [-0.15, -0.1) is 0 Å². The van der Waals surface area contributed by atoms with Gasteiger partial charge in [0.2, 0.25) is 0 Å². The van der Waals surface area contributed by atoms with Crippen LogP contribution in [0, 0.1) is 0 Å². The van der Waals surface area contributed by atoms with Gasteiger partial charge in [-0.1, -0.05) is 12.1 Å². The van der Waals surface area contributed by atoms with E-state index in [2.05, 4.69) is 70.7 Å². The monoisotopic (exact) mass is 317 g/mol. The maximum Gasteiger partial charge on any atom is 0.494 e. The van der Waals surface area contributed by atoms with Gasteiger partial charge in [-0.3, -0.25) is 0 Å². The van der Waals surface area contributed by atoms with E-state index in [0.717, 1.165) is 18.6 Å². The number of morpholine rings is 1. The highest BCUT2D eigenvalue weighted by Gasteiger charge is 2.51. The van der Waals surface area contributed by atoms with Crippen molar-refractivity contribution in [1.29, 1.82) is 0 Å². The summed E-state index contributed by atoms with van der Waals surface area (Å²) >= 11 is 0. The minimum Gasteiger partial charge on any atom is -0.399 e. The fourth-order valence-corrected chi connectivity index (χ4v) is 3.24. The average Bonchev–Trinajstić information content (AvgIpc) is 2.67. The number of hydrogen-bond acceptors (Lipinski definition) is 4. The zero-order valence-electron chi connectivity index (χ0n) is 15.1. The first-order valence-electron chi connectivity index (χ1n) is 8.54. The summed E-state index contributed by atoms with van der Waals surface area (Å²) in [6.07, 6.45) is 0.499. The van der Waals surface area contributed by atoms with Gasteiger partial charge in [0.1, 0.15) is 0 Å². The van der Waals surface area contributed by atoms with E-state index in [-0.39, 0.29) is 30.5 Å². The number of ether oxygens (including phenoxy) is 1. The first-order chi connectivity index (χ1) is 10.7. The molecule has 4 nitrogen and oxygen atoms in total. The summed E-state index contributed by atoms with van der Waals surface area (Å²) in [7, 11) is -0.309. The molecule has 0 amide bonds. The van der Waals surface area contributed by atoms with Crippen molar-refractivity contribution >= 4 is 18.3 Å². The Morgan fingerprint density at radius 2 is 1.57 bits per heavy atom. The van der Waals surface area contributed by atoms with Crippen LogP contribution in [0.1, 0.15) is 41.5 Å². The minimum absolute atomic E-state index is 0.249. The molecule has 1 aromatic rings. The Balaban J connectivity index is 1.81. The molecular formula is C18H28BNO3. The van der Waals surface area contributed by atoms with Crippen molar-refractivity contribution < 1.29 is 14.0 Å². The molecule has 2 fully saturated rings. The third-order valence-corrected chi connectivity index (χ3v) is 5.18. The van der Waals surface area contributed by atoms with Crippen molar-refractivity contribution in [3.05, 3.63) is 24.3 Å². The lowest BCUT2D eigenvalue weighted by Crippen LogP contribution is -2.46. The zero-order valence-corrected chi connectivity index (χ0v) is 15.1. The second-order valence-electron chi connectivity index (χ2n) is 7.85. The van der Waals surface area contributed by atoms with Crippen LogP contribution in [0.15, 0.2) is 24.3 Å². The van der Waals surface area contributed by atoms with Crippen LogP contribution in [-0.4, -0.2) is 43.6 Å². The van der Waals surface area contributed by atoms with Gasteiger partial charge >= 0.3 is 7.12 Å². The quantitative estimate of drug-likeness (QED) is 0.785. The predicted molar refractivity (Wildman–Crippen MR) is 94.4 cm³/mol. The Bertz CT molecular complexity index is 549. The van der Waals surface area contributed by atoms with Gasteiger partial charge in [-0.25, -0.2) is 0 Å². The number of anilines is 1. The molecule has 0 radical (unpaired) electrons. The zero-order chi connectivity index (χ0) is 16.8. The summed E-state index contributed by atoms with van der Waals surface area (Å²) in [4.78, 5) is 2.38. The predicted octanol–water partition coefficient (Wildman–Crippen LogP) is 2.60. The Hall–Kier alpha value is -1.04. The highest BCUT2D eigenvalue weighted by atomic mass is 16.7. The molecule has 2 aliphatic heterocycles. The highest BCUT2D eigenvalue weighted by molar-refractivity contribution is 6.62. The number of nitrogens with zero attached hydrogens (tertiary/aromatic N) is 1. The SMILES string of the molecule is C[C@@H]1CN(c2cccc(B3OC(C)(C)C(C)(C)O3)c2)C[C@H](C)O1. The second kappa shape index (κ2) is 5.80. The van der Waals surface area contributed by atoms with Gasteiger partial charge in [-0.2, -0.15) is 0 Å². The lowest BCUT2D eigenvalue weighted by molar-refractivity contribution is -0.00521. The van der Waals surface area contributed by atoms with Crippen LogP contribution < -0.4 is 10.4 Å². The Morgan fingerprint density at radius 1 is 1.00 bits per heavy atom. The van der Waals surface area contributed by atoms with Gasteiger partial charge in [-0.05, 0) is 59.1 Å². The molecule has 0 spiro atoms. The van der Waals surface area contributed by atoms with Crippen LogP contribution >= 0.6 is 0 Å². The minimum atomic E-state index is -0.310. The Morgan fingerprint density at radius 3 is 2.13 bits per heavy atom. The van der Waals surface area contributed by atoms with E-state index in [4.69, 9.17) is 14.0 Å². The van der Waals surface area contributed by atoms with E-state index in [0.29, 0.717) is 0 Å². The molecule has 0 unspecified atom stereocenters. The third-order valence-electron chi connectivity index (χ3n) is 5.18. The van der Waals surface area contributed by atoms with E-state index in [9.17, 15) is 0 Å². The summed E-state index contributed by atoms with van der Waals surface area (Å²) in [5.74, 6) is 0. The topological polar surface area (TPSA) is 30.9 Å². The highest BCUT2D eigenvalue weighted by Crippen LogP contribution is 2.36. The van der Waals surface area contributed by atoms with Crippen LogP contribution in [0.5, 0.6) is 0 Å². The molecule has 2 heterocycles. The van der Waals surface area contributed by atoms with Crippen LogP contribution in [0.3, 0.4) is 0 Å². The number of rotatable bonds is 2. The molecule has 5 heteroatoms. The van der Waals surface area contributed by atoms with E-state index in [1.165, 1.54) is 5.69 Å². The maximum atomic E-state index is 6.17. The summed E-state index contributed by atoms with van der Waals surface area (Å²) in [5.41, 5.74) is 1.66. The van der Waals surface area contributed by atoms with Crippen LogP contribution in [0.2, 0.25) is 0 Å². The first kappa shape index (κ1) is 16.8. The Labute approximate surface area is 140 Å². The van der Waals surface area contributed by atoms with Gasteiger partial charge in [0, 0.05) is 18.8 Å². The van der Waals surface area contributed by atoms with E-state index in [1.807, 2.05) is 0 Å². The van der Waals surface area contributed by atoms with Crippen molar-refractivity contribution in [2.24, 2.45) is 0 Å². The Kier molecular flexibility index (Phi) is 4.24. The normalized spacial score (nSPS) is 29.8. The summed E-state index contributed by atoms with van der Waals surface area (Å²) < 4.78 is 18.2. The van der Waals surface area contributed by atoms with Crippen molar-refractivity contribution in [3.8, 4) is 0 Å². The van der Waals surface area contributed by atoms with Gasteiger partial charge in [0.15, 0.2) is 0 Å². The number of benzene rings is 1. The fourth-order valence-electron chi connectivity index (χ4n) is 3.24. The molecule has 0 N–H and O–H groups in total. The molecule has 1 aromatic carbocycles. The molecule has 126 valence electrons. The summed E-state index contributed by atoms with van der Waals surface area (Å²) in [6.45, 7) is 14.4. The van der Waals surface area contributed by atoms with Crippen molar-refractivity contribution in [2.75, 3.05) is 18.0 Å². The maximum absolute atomic E-state index is 6.17. The lowest BCUT2D eigenvalue weighted by Gasteiger charge is -2.37. The van der Waals surface area contributed by atoms with Crippen molar-refractivity contribution in [1.82, 2.24) is 0 Å². The van der Waals surface area contributed by atoms with E-state index < -0.39 is 0 Å². The van der Waals surface area contributed by atoms with Gasteiger partial charge in [0.25, 0.3) is 0 Å². The van der Waals surface area contributed by atoms with Crippen LogP contribution in [0.25, 0.3) is 0 Å². The molecule has 0 aromatic heterocycles. The largest absolute Gasteiger partial charge is 0.494 e. The molecule has 0 saturated carbocycles. The van der Waals surface area contributed by atoms with Crippen molar-refractivity contribution in [2.45, 2.75) is 65.0 Å². The second-order valence-corrected chi connectivity index (χ2v) is 7.85. The van der Waals surface area contributed by atoms with Crippen molar-refractivity contribution in [3.63, 3.8) is 0 Å². The molecule has 23 heavy (non-hydrogen) atoms. The first-order valence-corrected chi connectivity index (χ1v) is 8.54. The molecular weight excluding hydrogens is 289 g/mol. The number of hydrogen-bond donors (Lipinski definition) is 0. The molecule has 2 atom stereocenters. The van der Waals surface area contributed by atoms with Gasteiger partial charge in [0.05, 0.1) is 23.4 Å². The molecule has 0 aliphatic carbocycles. The average molecular weight is 317 g/mol. The lowest BCUT2D eigenvalue weighted by atomic mass is 9.79. The fraction of sp³-hybridized carbons (Fsp3) is 0.667. The standard InChI is InChI=1S/C18H28BNO3/c1-13-11-20(12-14(2)21-13)16-9-7-8-15(10-16)19-22-17(3,4)18(5,6)23-19/h7-10,13-14H,11-12H2,1-6H3/t13-,14+. The summed E-state index contributed by atoms with van der Waals surface area (Å²) in [6, 6.07) is 8.51. The third kappa shape index (κ3) is 3.28. The summed E-state index contributed by atoms with van der Waals surface area (Å²) in [5, 5.41) is 0. The molecule has 2 aliphatic rings. The van der Waals surface area contributed by atoms with Gasteiger partial charge < -0.3 is 18.9 Å². The smallest absolute Gasteiger partial charge is 0.399 e. The van der Waals surface area contributed by atoms with E-state index >= 15 is 0 Å². The van der Waals surface area contributed by atoms with Crippen LogP contribution in [-0.2, 0) is 14.0 Å². The van der Waals surface area contributed by atoms with E-state index in [1.54, 1.807) is 0 Å². The molecule has 0 bridgehead atoms.